The number of rotatable bonds is 4. The van der Waals surface area contributed by atoms with E-state index in [2.05, 4.69) is 54.5 Å². The molecule has 3 N–H and O–H groups in total. The minimum Gasteiger partial charge on any atom is -0.508 e. The van der Waals surface area contributed by atoms with Gasteiger partial charge in [-0.05, 0) is 103 Å². The van der Waals surface area contributed by atoms with E-state index in [1.165, 1.54) is 18.2 Å². The quantitative estimate of drug-likeness (QED) is 0.148. The van der Waals surface area contributed by atoms with Crippen LogP contribution in [0.3, 0.4) is 0 Å². The Morgan fingerprint density at radius 3 is 1.63 bits per heavy atom. The summed E-state index contributed by atoms with van der Waals surface area (Å²) in [5.74, 6) is 0.281. The predicted octanol–water partition coefficient (Wildman–Crippen LogP) is 7.24. The molecule has 0 saturated carbocycles. The maximum absolute atomic E-state index is 10.2. The van der Waals surface area contributed by atoms with Crippen LogP contribution in [0.4, 0.5) is 0 Å². The Morgan fingerprint density at radius 1 is 0.553 bits per heavy atom. The molecule has 38 heavy (non-hydrogen) atoms. The summed E-state index contributed by atoms with van der Waals surface area (Å²) in [5, 5.41) is 27.0. The molecule has 0 unspecified atom stereocenters. The highest BCUT2D eigenvalue weighted by molar-refractivity contribution is 14.1. The topological polar surface area (TPSA) is 129 Å². The summed E-state index contributed by atoms with van der Waals surface area (Å²) >= 11 is 8.27. The van der Waals surface area contributed by atoms with Crippen LogP contribution in [0, 0.1) is 3.57 Å². The van der Waals surface area contributed by atoms with Crippen LogP contribution < -0.4 is 0 Å². The predicted molar refractivity (Wildman–Crippen MR) is 160 cm³/mol. The first-order valence-electron chi connectivity index (χ1n) is 10.5. The van der Waals surface area contributed by atoms with Gasteiger partial charge in [-0.2, -0.15) is 0 Å². The molecular weight excluding hydrogens is 735 g/mol. The van der Waals surface area contributed by atoms with Gasteiger partial charge in [0, 0.05) is 24.7 Å². The molecular formula is C28H21Br2IO7. The third-order valence-electron chi connectivity index (χ3n) is 4.27. The van der Waals surface area contributed by atoms with Crippen molar-refractivity contribution in [2.24, 2.45) is 0 Å². The van der Waals surface area contributed by atoms with Crippen molar-refractivity contribution in [2.75, 3.05) is 0 Å². The fourth-order valence-electron chi connectivity index (χ4n) is 2.36. The molecule has 0 saturated heterocycles. The molecule has 0 aliphatic heterocycles. The van der Waals surface area contributed by atoms with Crippen molar-refractivity contribution in [2.45, 2.75) is 0 Å². The van der Waals surface area contributed by atoms with Gasteiger partial charge in [0.15, 0.2) is 12.6 Å². The minimum absolute atomic E-state index is 0.0434. The van der Waals surface area contributed by atoms with E-state index in [0.717, 1.165) is 21.7 Å². The van der Waals surface area contributed by atoms with Gasteiger partial charge >= 0.3 is 0 Å². The Morgan fingerprint density at radius 2 is 1.16 bits per heavy atom. The lowest BCUT2D eigenvalue weighted by molar-refractivity contribution is 0.111. The van der Waals surface area contributed by atoms with Crippen molar-refractivity contribution in [3.8, 4) is 17.2 Å². The molecule has 10 heteroatoms. The second kappa shape index (κ2) is 18.0. The van der Waals surface area contributed by atoms with Crippen molar-refractivity contribution in [3.05, 3.63) is 120 Å². The summed E-state index contributed by atoms with van der Waals surface area (Å²) in [6.07, 6.45) is 2.88. The van der Waals surface area contributed by atoms with Gasteiger partial charge in [-0.15, -0.1) is 0 Å². The fraction of sp³-hybridized carbons (Fsp3) is 0. The molecule has 4 rings (SSSR count). The van der Waals surface area contributed by atoms with E-state index >= 15 is 0 Å². The maximum Gasteiger partial charge on any atom is 0.153 e. The second-order valence-electron chi connectivity index (χ2n) is 7.00. The molecule has 196 valence electrons. The van der Waals surface area contributed by atoms with Crippen molar-refractivity contribution in [3.63, 3.8) is 0 Å². The number of carbonyl (C=O) groups is 4. The summed E-state index contributed by atoms with van der Waals surface area (Å²) < 4.78 is 2.13. The summed E-state index contributed by atoms with van der Waals surface area (Å²) in [4.78, 5) is 40.6. The van der Waals surface area contributed by atoms with Gasteiger partial charge in [-0.3, -0.25) is 19.2 Å². The van der Waals surface area contributed by atoms with E-state index in [4.69, 9.17) is 15.3 Å². The summed E-state index contributed by atoms with van der Waals surface area (Å²) in [5.41, 5.74) is 2.08. The SMILES string of the molecule is O=Cc1ccc(Br)c(O)c1.O=Cc1ccc(I)cc1O.O=Cc1ccc(O)cc1Br.O=Cc1ccccc1. The van der Waals surface area contributed by atoms with E-state index in [-0.39, 0.29) is 17.2 Å². The molecule has 0 radical (unpaired) electrons. The average Bonchev–Trinajstić information content (AvgIpc) is 2.92. The van der Waals surface area contributed by atoms with E-state index in [1.54, 1.807) is 48.5 Å². The summed E-state index contributed by atoms with van der Waals surface area (Å²) in [7, 11) is 0. The first-order valence-corrected chi connectivity index (χ1v) is 13.1. The first-order chi connectivity index (χ1) is 18.1. The number of halogens is 3. The minimum atomic E-state index is 0.0434. The molecule has 0 aliphatic carbocycles. The van der Waals surface area contributed by atoms with Gasteiger partial charge in [-0.1, -0.05) is 36.4 Å². The molecule has 0 aliphatic rings. The molecule has 0 atom stereocenters. The fourth-order valence-corrected chi connectivity index (χ4v) is 3.54. The van der Waals surface area contributed by atoms with Gasteiger partial charge in [0.2, 0.25) is 0 Å². The van der Waals surface area contributed by atoms with E-state index < -0.39 is 0 Å². The zero-order valence-corrected chi connectivity index (χ0v) is 24.8. The number of hydrogen-bond donors (Lipinski definition) is 3. The van der Waals surface area contributed by atoms with Crippen LogP contribution >= 0.6 is 54.5 Å². The van der Waals surface area contributed by atoms with Crippen molar-refractivity contribution >= 4 is 79.6 Å². The van der Waals surface area contributed by atoms with Gasteiger partial charge in [-0.25, -0.2) is 0 Å². The van der Waals surface area contributed by atoms with Crippen LogP contribution in [-0.2, 0) is 0 Å². The summed E-state index contributed by atoms with van der Waals surface area (Å²) in [6.45, 7) is 0. The van der Waals surface area contributed by atoms with Crippen LogP contribution in [-0.4, -0.2) is 40.5 Å². The lowest BCUT2D eigenvalue weighted by atomic mass is 10.2. The molecule has 4 aromatic carbocycles. The van der Waals surface area contributed by atoms with Gasteiger partial charge in [0.05, 0.1) is 10.0 Å². The van der Waals surface area contributed by atoms with Crippen LogP contribution in [0.25, 0.3) is 0 Å². The van der Waals surface area contributed by atoms with Crippen LogP contribution in [0.5, 0.6) is 17.2 Å². The molecule has 0 spiro atoms. The van der Waals surface area contributed by atoms with E-state index in [1.807, 2.05) is 18.2 Å². The largest absolute Gasteiger partial charge is 0.508 e. The second-order valence-corrected chi connectivity index (χ2v) is 9.96. The molecule has 0 fully saturated rings. The number of phenolic OH excluding ortho intramolecular Hbond substituents is 3. The summed E-state index contributed by atoms with van der Waals surface area (Å²) in [6, 6.07) is 23.1. The molecule has 0 bridgehead atoms. The zero-order chi connectivity index (χ0) is 28.5. The molecule has 7 nitrogen and oxygen atoms in total. The number of phenols is 3. The van der Waals surface area contributed by atoms with Crippen molar-refractivity contribution in [1.29, 1.82) is 0 Å². The highest BCUT2D eigenvalue weighted by atomic mass is 127. The third-order valence-corrected chi connectivity index (χ3v) is 6.30. The Bertz CT molecular complexity index is 1310. The monoisotopic (exact) mass is 754 g/mol. The maximum atomic E-state index is 10.2. The van der Waals surface area contributed by atoms with E-state index in [0.29, 0.717) is 38.2 Å². The molecule has 0 heterocycles. The molecule has 4 aromatic rings. The number of aromatic hydroxyl groups is 3. The van der Waals surface area contributed by atoms with Crippen molar-refractivity contribution in [1.82, 2.24) is 0 Å². The Labute approximate surface area is 249 Å². The molecule has 0 amide bonds. The van der Waals surface area contributed by atoms with E-state index in [9.17, 15) is 19.2 Å². The number of carbonyl (C=O) groups excluding carboxylic acids is 4. The molecule has 0 aromatic heterocycles. The number of benzene rings is 4. The third kappa shape index (κ3) is 12.3. The van der Waals surface area contributed by atoms with Crippen LogP contribution in [0.2, 0.25) is 0 Å². The zero-order valence-electron chi connectivity index (χ0n) is 19.5. The van der Waals surface area contributed by atoms with Crippen molar-refractivity contribution < 1.29 is 34.5 Å². The lowest BCUT2D eigenvalue weighted by Gasteiger charge is -1.95. The highest BCUT2D eigenvalue weighted by Gasteiger charge is 1.99. The normalized spacial score (nSPS) is 9.13. The Kier molecular flexibility index (Phi) is 15.5. The van der Waals surface area contributed by atoms with Gasteiger partial charge in [0.1, 0.15) is 29.8 Å². The number of hydrogen-bond acceptors (Lipinski definition) is 7. The Balaban J connectivity index is 0.000000254. The smallest absolute Gasteiger partial charge is 0.153 e. The van der Waals surface area contributed by atoms with Gasteiger partial charge in [0.25, 0.3) is 0 Å². The van der Waals surface area contributed by atoms with Gasteiger partial charge < -0.3 is 15.3 Å². The average molecular weight is 756 g/mol. The van der Waals surface area contributed by atoms with Crippen LogP contribution in [0.1, 0.15) is 41.4 Å². The standard InChI is InChI=1S/2C7H5BrO2.C7H5IO2.C7H6O/c8-7-3-6(10)2-1-5(7)4-9;8-6-2-1-5(4-9)3-7(6)10;8-6-2-1-5(4-9)7(10)3-6;8-6-7-4-2-1-3-5-7/h3*1-4,10H;1-6H. The highest BCUT2D eigenvalue weighted by Crippen LogP contribution is 2.23. The van der Waals surface area contributed by atoms with Crippen LogP contribution in [0.15, 0.2) is 93.9 Å². The lowest BCUT2D eigenvalue weighted by Crippen LogP contribution is -1.80. The number of aldehydes is 4. The Hall–Kier alpha value is -3.35. The first kappa shape index (κ1) is 32.7.